The van der Waals surface area contributed by atoms with Gasteiger partial charge in [-0.25, -0.2) is 18.4 Å². The van der Waals surface area contributed by atoms with E-state index in [2.05, 4.69) is 20.8 Å². The maximum atomic E-state index is 13.5. The second kappa shape index (κ2) is 9.16. The smallest absolute Gasteiger partial charge is 0.257 e. The first-order chi connectivity index (χ1) is 15.8. The number of ether oxygens (including phenoxy) is 1. The normalized spacial score (nSPS) is 16.0. The fraction of sp³-hybridized carbons (Fsp3) is 0.261. The predicted octanol–water partition coefficient (Wildman–Crippen LogP) is 2.36. The summed E-state index contributed by atoms with van der Waals surface area (Å²) in [7, 11) is -2.45. The molecule has 0 radical (unpaired) electrons. The van der Waals surface area contributed by atoms with Crippen LogP contribution in [0, 0.1) is 13.8 Å². The van der Waals surface area contributed by atoms with Gasteiger partial charge in [0.2, 0.25) is 16.0 Å². The number of hydrazine groups is 1. The van der Waals surface area contributed by atoms with E-state index in [0.717, 1.165) is 22.5 Å². The molecule has 1 amide bonds. The van der Waals surface area contributed by atoms with Gasteiger partial charge in [-0.15, -0.1) is 0 Å². The number of fused-ring (bicyclic) bond motifs is 1. The molecule has 1 atom stereocenters. The Morgan fingerprint density at radius 1 is 1.03 bits per heavy atom. The van der Waals surface area contributed by atoms with Crippen molar-refractivity contribution in [2.45, 2.75) is 37.8 Å². The molecule has 3 aromatic rings. The Morgan fingerprint density at radius 2 is 1.67 bits per heavy atom. The molecular formula is C23H25N5O4S. The number of nitrogens with zero attached hydrogens (tertiary/aromatic N) is 3. The zero-order chi connectivity index (χ0) is 23.6. The van der Waals surface area contributed by atoms with E-state index in [9.17, 15) is 13.2 Å². The van der Waals surface area contributed by atoms with Crippen molar-refractivity contribution in [3.05, 3.63) is 77.1 Å². The van der Waals surface area contributed by atoms with Crippen molar-refractivity contribution in [1.82, 2.24) is 19.7 Å². The summed E-state index contributed by atoms with van der Waals surface area (Å²) in [5.74, 6) is 0.288. The first-order valence-electron chi connectivity index (χ1n) is 10.4. The molecule has 172 valence electrons. The highest BCUT2D eigenvalue weighted by Crippen LogP contribution is 2.30. The van der Waals surface area contributed by atoms with E-state index in [1.807, 2.05) is 44.2 Å². The third-order valence-electron chi connectivity index (χ3n) is 5.45. The van der Waals surface area contributed by atoms with Crippen molar-refractivity contribution in [3.8, 4) is 5.75 Å². The minimum Gasteiger partial charge on any atom is -0.497 e. The Morgan fingerprint density at radius 3 is 2.30 bits per heavy atom. The van der Waals surface area contributed by atoms with Crippen LogP contribution in [-0.4, -0.2) is 41.7 Å². The summed E-state index contributed by atoms with van der Waals surface area (Å²) in [4.78, 5) is 21.7. The number of carbonyl (C=O) groups excluding carboxylic acids is 1. The minimum atomic E-state index is -3.96. The molecule has 0 aliphatic carbocycles. The van der Waals surface area contributed by atoms with Gasteiger partial charge in [-0.1, -0.05) is 24.3 Å². The van der Waals surface area contributed by atoms with Crippen LogP contribution in [0.4, 0.5) is 5.95 Å². The molecule has 0 spiro atoms. The Bertz CT molecular complexity index is 1260. The Labute approximate surface area is 192 Å². The molecule has 2 heterocycles. The summed E-state index contributed by atoms with van der Waals surface area (Å²) in [6.45, 7) is 3.73. The van der Waals surface area contributed by atoms with Gasteiger partial charge in [-0.2, -0.15) is 4.31 Å². The topological polar surface area (TPSA) is 114 Å². The van der Waals surface area contributed by atoms with E-state index < -0.39 is 22.0 Å². The number of carbonyl (C=O) groups is 1. The van der Waals surface area contributed by atoms with Crippen LogP contribution >= 0.6 is 0 Å². The number of rotatable bonds is 6. The number of methoxy groups -OCH3 is 1. The highest BCUT2D eigenvalue weighted by molar-refractivity contribution is 7.89. The molecule has 0 saturated carbocycles. The van der Waals surface area contributed by atoms with Gasteiger partial charge in [-0.05, 0) is 61.7 Å². The van der Waals surface area contributed by atoms with Gasteiger partial charge in [-0.3, -0.25) is 15.6 Å². The fourth-order valence-corrected chi connectivity index (χ4v) is 5.41. The highest BCUT2D eigenvalue weighted by atomic mass is 32.2. The second-order valence-corrected chi connectivity index (χ2v) is 9.69. The summed E-state index contributed by atoms with van der Waals surface area (Å²) >= 11 is 0. The molecule has 10 heteroatoms. The first kappa shape index (κ1) is 22.7. The van der Waals surface area contributed by atoms with E-state index in [4.69, 9.17) is 4.74 Å². The highest BCUT2D eigenvalue weighted by Gasteiger charge is 2.39. The van der Waals surface area contributed by atoms with Crippen LogP contribution < -0.4 is 15.6 Å². The lowest BCUT2D eigenvalue weighted by atomic mass is 9.95. The van der Waals surface area contributed by atoms with Crippen LogP contribution in [-0.2, 0) is 27.8 Å². The molecule has 0 bridgehead atoms. The van der Waals surface area contributed by atoms with Gasteiger partial charge in [0.1, 0.15) is 11.8 Å². The lowest BCUT2D eigenvalue weighted by Gasteiger charge is -2.35. The van der Waals surface area contributed by atoms with E-state index in [1.165, 1.54) is 23.5 Å². The van der Waals surface area contributed by atoms with Crippen LogP contribution in [0.5, 0.6) is 5.75 Å². The summed E-state index contributed by atoms with van der Waals surface area (Å²) in [6.07, 6.45) is 0.243. The molecule has 33 heavy (non-hydrogen) atoms. The fourth-order valence-electron chi connectivity index (χ4n) is 3.84. The van der Waals surface area contributed by atoms with Crippen molar-refractivity contribution in [1.29, 1.82) is 0 Å². The second-order valence-electron chi connectivity index (χ2n) is 7.80. The van der Waals surface area contributed by atoms with Crippen molar-refractivity contribution >= 4 is 21.9 Å². The minimum absolute atomic E-state index is 0.0860. The average molecular weight is 468 g/mol. The number of nitrogens with one attached hydrogen (secondary N) is 2. The zero-order valence-electron chi connectivity index (χ0n) is 18.6. The lowest BCUT2D eigenvalue weighted by Crippen LogP contribution is -2.53. The molecule has 1 aromatic heterocycles. The van der Waals surface area contributed by atoms with Gasteiger partial charge >= 0.3 is 0 Å². The number of amides is 1. The molecule has 0 unspecified atom stereocenters. The summed E-state index contributed by atoms with van der Waals surface area (Å²) in [5.41, 5.74) is 8.59. The largest absolute Gasteiger partial charge is 0.497 e. The summed E-state index contributed by atoms with van der Waals surface area (Å²) < 4.78 is 33.4. The van der Waals surface area contributed by atoms with Crippen molar-refractivity contribution < 1.29 is 17.9 Å². The molecule has 1 aliphatic rings. The molecule has 2 aromatic carbocycles. The van der Waals surface area contributed by atoms with Crippen LogP contribution in [0.1, 0.15) is 22.5 Å². The van der Waals surface area contributed by atoms with Crippen LogP contribution in [0.15, 0.2) is 59.5 Å². The van der Waals surface area contributed by atoms with Gasteiger partial charge in [0, 0.05) is 17.9 Å². The van der Waals surface area contributed by atoms with Crippen LogP contribution in [0.2, 0.25) is 0 Å². The van der Waals surface area contributed by atoms with Gasteiger partial charge < -0.3 is 4.74 Å². The lowest BCUT2D eigenvalue weighted by molar-refractivity contribution is -0.124. The maximum absolute atomic E-state index is 13.5. The van der Waals surface area contributed by atoms with E-state index in [1.54, 1.807) is 12.1 Å². The van der Waals surface area contributed by atoms with E-state index in [0.29, 0.717) is 5.75 Å². The molecule has 0 fully saturated rings. The number of hydrogen-bond acceptors (Lipinski definition) is 7. The Hall–Kier alpha value is -3.50. The first-order valence-corrected chi connectivity index (χ1v) is 11.8. The predicted molar refractivity (Wildman–Crippen MR) is 123 cm³/mol. The summed E-state index contributed by atoms with van der Waals surface area (Å²) in [6, 6.07) is 14.5. The van der Waals surface area contributed by atoms with Crippen LogP contribution in [0.3, 0.4) is 0 Å². The van der Waals surface area contributed by atoms with Gasteiger partial charge in [0.15, 0.2) is 0 Å². The number of anilines is 1. The van der Waals surface area contributed by atoms with Crippen LogP contribution in [0.25, 0.3) is 0 Å². The van der Waals surface area contributed by atoms with Gasteiger partial charge in [0.05, 0.1) is 12.0 Å². The molecule has 4 rings (SSSR count). The quantitative estimate of drug-likeness (QED) is 0.535. The summed E-state index contributed by atoms with van der Waals surface area (Å²) in [5, 5.41) is 0. The standard InChI is InChI=1S/C23H25N5O4S/c1-15-12-16(2)25-23(24-15)27-26-22(29)21-13-17-6-4-5-7-18(17)14-28(21)33(30,31)20-10-8-19(32-3)9-11-20/h4-12,21H,13-14H2,1-3H3,(H,26,29)(H,24,25,27)/t21-/m1/s1. The Kier molecular flexibility index (Phi) is 6.30. The van der Waals surface area contributed by atoms with Crippen molar-refractivity contribution in [2.75, 3.05) is 12.5 Å². The average Bonchev–Trinajstić information content (AvgIpc) is 2.81. The Balaban J connectivity index is 1.63. The molecule has 9 nitrogen and oxygen atoms in total. The number of hydrogen-bond donors (Lipinski definition) is 2. The number of aryl methyl sites for hydroxylation is 2. The van der Waals surface area contributed by atoms with E-state index in [-0.39, 0.29) is 23.8 Å². The molecular weight excluding hydrogens is 442 g/mol. The molecule has 2 N–H and O–H groups in total. The maximum Gasteiger partial charge on any atom is 0.257 e. The van der Waals surface area contributed by atoms with E-state index >= 15 is 0 Å². The monoisotopic (exact) mass is 467 g/mol. The third kappa shape index (κ3) is 4.81. The molecule has 0 saturated heterocycles. The third-order valence-corrected chi connectivity index (χ3v) is 7.32. The SMILES string of the molecule is COc1ccc(S(=O)(=O)N2Cc3ccccc3C[C@@H]2C(=O)NNc2nc(C)cc(C)n2)cc1. The number of sulfonamides is 1. The molecule has 1 aliphatic heterocycles. The zero-order valence-corrected chi connectivity index (χ0v) is 19.4. The number of aromatic nitrogens is 2. The van der Waals surface area contributed by atoms with Crippen molar-refractivity contribution in [3.63, 3.8) is 0 Å². The van der Waals surface area contributed by atoms with Gasteiger partial charge in [0.25, 0.3) is 5.91 Å². The number of benzene rings is 2. The van der Waals surface area contributed by atoms with Crippen molar-refractivity contribution in [2.24, 2.45) is 0 Å².